The first-order valence-electron chi connectivity index (χ1n) is 4.88. The van der Waals surface area contributed by atoms with Gasteiger partial charge < -0.3 is 9.84 Å². The van der Waals surface area contributed by atoms with Gasteiger partial charge in [-0.05, 0) is 12.0 Å². The maximum absolute atomic E-state index is 10.8. The molecule has 0 spiro atoms. The Hall–Kier alpha value is -1.95. The summed E-state index contributed by atoms with van der Waals surface area (Å²) < 4.78 is 4.49. The number of carbonyl (C=O) groups is 1. The number of nitrogens with zero attached hydrogens (tertiary/aromatic N) is 1. The zero-order valence-electron chi connectivity index (χ0n) is 9.75. The highest BCUT2D eigenvalue weighted by Crippen LogP contribution is 2.13. The molecular weight excluding hydrogens is 226 g/mol. The Morgan fingerprint density at radius 2 is 1.88 bits per heavy atom. The van der Waals surface area contributed by atoms with Crippen molar-refractivity contribution in [3.05, 3.63) is 39.9 Å². The molecule has 1 aromatic rings. The molecule has 0 aromatic heterocycles. The SMILES string of the molecule is CO.COC(=O)CCc1ccc([N+](=O)[O-])cc1. The minimum absolute atomic E-state index is 0.0526. The number of non-ortho nitro benzene ring substituents is 1. The first-order chi connectivity index (χ1) is 8.13. The molecule has 0 heterocycles. The lowest BCUT2D eigenvalue weighted by atomic mass is 10.1. The van der Waals surface area contributed by atoms with Crippen LogP contribution in [-0.4, -0.2) is 30.2 Å². The van der Waals surface area contributed by atoms with E-state index in [2.05, 4.69) is 4.74 Å². The molecule has 0 aliphatic rings. The van der Waals surface area contributed by atoms with Crippen molar-refractivity contribution in [2.24, 2.45) is 0 Å². The van der Waals surface area contributed by atoms with E-state index in [1.165, 1.54) is 19.2 Å². The van der Waals surface area contributed by atoms with E-state index in [1.54, 1.807) is 12.1 Å². The van der Waals surface area contributed by atoms with E-state index in [4.69, 9.17) is 5.11 Å². The number of rotatable bonds is 4. The second-order valence-electron chi connectivity index (χ2n) is 3.00. The van der Waals surface area contributed by atoms with E-state index < -0.39 is 4.92 Å². The fourth-order valence-electron chi connectivity index (χ4n) is 1.13. The zero-order valence-corrected chi connectivity index (χ0v) is 9.75. The standard InChI is InChI=1S/C10H11NO4.CH4O/c1-15-10(12)7-4-8-2-5-9(6-3-8)11(13)14;1-2/h2-3,5-6H,4,7H2,1H3;2H,1H3. The number of nitro benzene ring substituents is 1. The minimum Gasteiger partial charge on any atom is -0.469 e. The summed E-state index contributed by atoms with van der Waals surface area (Å²) in [5.41, 5.74) is 0.933. The van der Waals surface area contributed by atoms with Crippen molar-refractivity contribution in [2.75, 3.05) is 14.2 Å². The largest absolute Gasteiger partial charge is 0.469 e. The second kappa shape index (κ2) is 8.23. The molecule has 94 valence electrons. The number of aliphatic hydroxyl groups excluding tert-OH is 1. The van der Waals surface area contributed by atoms with Gasteiger partial charge in [0.15, 0.2) is 0 Å². The van der Waals surface area contributed by atoms with E-state index in [9.17, 15) is 14.9 Å². The Morgan fingerprint density at radius 3 is 2.29 bits per heavy atom. The molecule has 0 aliphatic heterocycles. The van der Waals surface area contributed by atoms with Gasteiger partial charge in [0.1, 0.15) is 0 Å². The van der Waals surface area contributed by atoms with Crippen LogP contribution in [0.3, 0.4) is 0 Å². The zero-order chi connectivity index (χ0) is 13.3. The predicted octanol–water partition coefficient (Wildman–Crippen LogP) is 1.31. The molecule has 1 rings (SSSR count). The molecule has 6 nitrogen and oxygen atoms in total. The maximum Gasteiger partial charge on any atom is 0.305 e. The van der Waals surface area contributed by atoms with Crippen molar-refractivity contribution < 1.29 is 19.6 Å². The Labute approximate surface area is 99.0 Å². The number of aryl methyl sites for hydroxylation is 1. The summed E-state index contributed by atoms with van der Waals surface area (Å²) in [6, 6.07) is 6.13. The van der Waals surface area contributed by atoms with Crippen molar-refractivity contribution in [1.82, 2.24) is 0 Å². The van der Waals surface area contributed by atoms with Crippen molar-refractivity contribution in [3.63, 3.8) is 0 Å². The Kier molecular flexibility index (Phi) is 7.29. The quantitative estimate of drug-likeness (QED) is 0.487. The van der Waals surface area contributed by atoms with Crippen LogP contribution in [0.15, 0.2) is 24.3 Å². The average molecular weight is 241 g/mol. The summed E-state index contributed by atoms with van der Waals surface area (Å²) in [7, 11) is 2.33. The monoisotopic (exact) mass is 241 g/mol. The highest BCUT2D eigenvalue weighted by Gasteiger charge is 2.05. The van der Waals surface area contributed by atoms with Crippen LogP contribution in [0, 0.1) is 10.1 Å². The summed E-state index contributed by atoms with van der Waals surface area (Å²) >= 11 is 0. The summed E-state index contributed by atoms with van der Waals surface area (Å²) in [4.78, 5) is 20.7. The van der Waals surface area contributed by atoms with Crippen molar-refractivity contribution in [3.8, 4) is 0 Å². The van der Waals surface area contributed by atoms with Crippen LogP contribution in [0.4, 0.5) is 5.69 Å². The third kappa shape index (κ3) is 5.62. The number of methoxy groups -OCH3 is 1. The van der Waals surface area contributed by atoms with Gasteiger partial charge in [0.2, 0.25) is 0 Å². The van der Waals surface area contributed by atoms with Gasteiger partial charge in [-0.15, -0.1) is 0 Å². The number of ether oxygens (including phenoxy) is 1. The van der Waals surface area contributed by atoms with E-state index in [-0.39, 0.29) is 18.1 Å². The molecule has 17 heavy (non-hydrogen) atoms. The molecule has 0 aliphatic carbocycles. The number of carbonyl (C=O) groups excluding carboxylic acids is 1. The topological polar surface area (TPSA) is 89.7 Å². The lowest BCUT2D eigenvalue weighted by Gasteiger charge is -1.99. The number of esters is 1. The van der Waals surface area contributed by atoms with Gasteiger partial charge in [0, 0.05) is 25.7 Å². The molecule has 0 saturated carbocycles. The Bertz CT molecular complexity index is 361. The lowest BCUT2D eigenvalue weighted by Crippen LogP contribution is -2.01. The van der Waals surface area contributed by atoms with Gasteiger partial charge in [0.25, 0.3) is 5.69 Å². The number of benzene rings is 1. The van der Waals surface area contributed by atoms with Crippen LogP contribution in [0.5, 0.6) is 0 Å². The highest BCUT2D eigenvalue weighted by atomic mass is 16.6. The molecule has 0 radical (unpaired) electrons. The molecule has 0 saturated heterocycles. The number of hydrogen-bond acceptors (Lipinski definition) is 5. The van der Waals surface area contributed by atoms with E-state index in [0.717, 1.165) is 12.7 Å². The van der Waals surface area contributed by atoms with E-state index >= 15 is 0 Å². The van der Waals surface area contributed by atoms with Crippen molar-refractivity contribution >= 4 is 11.7 Å². The van der Waals surface area contributed by atoms with Gasteiger partial charge in [-0.25, -0.2) is 0 Å². The van der Waals surface area contributed by atoms with Crippen molar-refractivity contribution in [2.45, 2.75) is 12.8 Å². The average Bonchev–Trinajstić information content (AvgIpc) is 2.38. The predicted molar refractivity (Wildman–Crippen MR) is 61.6 cm³/mol. The smallest absolute Gasteiger partial charge is 0.305 e. The molecule has 0 unspecified atom stereocenters. The third-order valence-electron chi connectivity index (χ3n) is 1.99. The molecule has 1 aromatic carbocycles. The number of aliphatic hydroxyl groups is 1. The third-order valence-corrected chi connectivity index (χ3v) is 1.99. The van der Waals surface area contributed by atoms with Crippen LogP contribution in [0.25, 0.3) is 0 Å². The van der Waals surface area contributed by atoms with Gasteiger partial charge in [0.05, 0.1) is 12.0 Å². The highest BCUT2D eigenvalue weighted by molar-refractivity contribution is 5.69. The van der Waals surface area contributed by atoms with Crippen molar-refractivity contribution in [1.29, 1.82) is 0 Å². The first kappa shape index (κ1) is 15.0. The summed E-state index contributed by atoms with van der Waals surface area (Å²) in [6.07, 6.45) is 0.818. The number of nitro groups is 1. The molecule has 0 atom stereocenters. The second-order valence-corrected chi connectivity index (χ2v) is 3.00. The molecule has 6 heteroatoms. The van der Waals surface area contributed by atoms with Crippen LogP contribution in [0.2, 0.25) is 0 Å². The summed E-state index contributed by atoms with van der Waals surface area (Å²) in [6.45, 7) is 0. The van der Waals surface area contributed by atoms with Gasteiger partial charge in [-0.3, -0.25) is 14.9 Å². The first-order valence-corrected chi connectivity index (χ1v) is 4.88. The van der Waals surface area contributed by atoms with Gasteiger partial charge in [-0.1, -0.05) is 12.1 Å². The van der Waals surface area contributed by atoms with Crippen LogP contribution < -0.4 is 0 Å². The summed E-state index contributed by atoms with van der Waals surface area (Å²) in [5.74, 6) is -0.284. The Morgan fingerprint density at radius 1 is 1.35 bits per heavy atom. The lowest BCUT2D eigenvalue weighted by molar-refractivity contribution is -0.384. The maximum atomic E-state index is 10.8. The molecule has 0 fully saturated rings. The Balaban J connectivity index is 0.00000121. The van der Waals surface area contributed by atoms with Gasteiger partial charge in [-0.2, -0.15) is 0 Å². The van der Waals surface area contributed by atoms with E-state index in [0.29, 0.717) is 6.42 Å². The minimum atomic E-state index is -0.454. The summed E-state index contributed by atoms with van der Waals surface area (Å²) in [5, 5.41) is 17.4. The van der Waals surface area contributed by atoms with E-state index in [1.807, 2.05) is 0 Å². The normalized spacial score (nSPS) is 8.88. The van der Waals surface area contributed by atoms with Gasteiger partial charge >= 0.3 is 5.97 Å². The molecule has 1 N–H and O–H groups in total. The van der Waals surface area contributed by atoms with Crippen LogP contribution in [-0.2, 0) is 16.0 Å². The van der Waals surface area contributed by atoms with Crippen LogP contribution >= 0.6 is 0 Å². The molecule has 0 bridgehead atoms. The molecular formula is C11H15NO5. The fourth-order valence-corrected chi connectivity index (χ4v) is 1.13. The van der Waals surface area contributed by atoms with Crippen LogP contribution in [0.1, 0.15) is 12.0 Å². The fraction of sp³-hybridized carbons (Fsp3) is 0.364. The number of hydrogen-bond donors (Lipinski definition) is 1. The molecule has 0 amide bonds.